The van der Waals surface area contributed by atoms with Crippen molar-refractivity contribution >= 4 is 17.6 Å². The molecule has 0 aromatic heterocycles. The quantitative estimate of drug-likeness (QED) is 0.896. The zero-order chi connectivity index (χ0) is 12.3. The fourth-order valence-corrected chi connectivity index (χ4v) is 2.13. The van der Waals surface area contributed by atoms with Crippen LogP contribution in [-0.4, -0.2) is 42.3 Å². The molecule has 5 heteroatoms. The Hall–Kier alpha value is -1.10. The van der Waals surface area contributed by atoms with Crippen LogP contribution >= 0.6 is 11.6 Å². The second kappa shape index (κ2) is 5.49. The van der Waals surface area contributed by atoms with E-state index >= 15 is 0 Å². The molecule has 1 N–H and O–H groups in total. The van der Waals surface area contributed by atoms with Crippen LogP contribution in [0.25, 0.3) is 0 Å². The standard InChI is InChI=1S/C12H14ClNO3/c13-11-7-9(1-2-10(11)12(15)16)8-14-3-5-17-6-4-14/h1-2,7H,3-6,8H2,(H,15,16). The molecule has 0 atom stereocenters. The van der Waals surface area contributed by atoms with E-state index in [1.165, 1.54) is 0 Å². The summed E-state index contributed by atoms with van der Waals surface area (Å²) in [5.41, 5.74) is 1.18. The Kier molecular flexibility index (Phi) is 3.99. The lowest BCUT2D eigenvalue weighted by Crippen LogP contribution is -2.35. The molecular formula is C12H14ClNO3. The van der Waals surface area contributed by atoms with E-state index in [2.05, 4.69) is 4.90 Å². The van der Waals surface area contributed by atoms with Crippen molar-refractivity contribution in [3.8, 4) is 0 Å². The molecule has 92 valence electrons. The van der Waals surface area contributed by atoms with Gasteiger partial charge < -0.3 is 9.84 Å². The molecule has 1 saturated heterocycles. The minimum atomic E-state index is -0.993. The van der Waals surface area contributed by atoms with Crippen LogP contribution in [-0.2, 0) is 11.3 Å². The SMILES string of the molecule is O=C(O)c1ccc(CN2CCOCC2)cc1Cl. The smallest absolute Gasteiger partial charge is 0.337 e. The van der Waals surface area contributed by atoms with Gasteiger partial charge in [0.05, 0.1) is 23.8 Å². The van der Waals surface area contributed by atoms with E-state index in [9.17, 15) is 4.79 Å². The number of carboxylic acid groups (broad SMARTS) is 1. The molecule has 1 heterocycles. The number of nitrogens with zero attached hydrogens (tertiary/aromatic N) is 1. The van der Waals surface area contributed by atoms with Crippen molar-refractivity contribution in [2.45, 2.75) is 6.54 Å². The van der Waals surface area contributed by atoms with Crippen LogP contribution in [0.3, 0.4) is 0 Å². The van der Waals surface area contributed by atoms with E-state index in [0.29, 0.717) is 5.02 Å². The fraction of sp³-hybridized carbons (Fsp3) is 0.417. The zero-order valence-electron chi connectivity index (χ0n) is 9.36. The van der Waals surface area contributed by atoms with Gasteiger partial charge in [0.25, 0.3) is 0 Å². The van der Waals surface area contributed by atoms with Gasteiger partial charge in [-0.15, -0.1) is 0 Å². The lowest BCUT2D eigenvalue weighted by Gasteiger charge is -2.26. The normalized spacial score (nSPS) is 17.0. The molecule has 0 spiro atoms. The molecule has 1 aliphatic heterocycles. The number of benzene rings is 1. The minimum absolute atomic E-state index is 0.150. The highest BCUT2D eigenvalue weighted by Gasteiger charge is 2.13. The molecule has 1 aliphatic rings. The first-order valence-corrected chi connectivity index (χ1v) is 5.86. The van der Waals surface area contributed by atoms with Gasteiger partial charge in [0.15, 0.2) is 0 Å². The van der Waals surface area contributed by atoms with Crippen LogP contribution in [0, 0.1) is 0 Å². The molecule has 17 heavy (non-hydrogen) atoms. The van der Waals surface area contributed by atoms with Gasteiger partial charge in [0.1, 0.15) is 0 Å². The van der Waals surface area contributed by atoms with Crippen LogP contribution in [0.1, 0.15) is 15.9 Å². The number of aromatic carboxylic acids is 1. The maximum Gasteiger partial charge on any atom is 0.337 e. The molecule has 0 amide bonds. The third-order valence-electron chi connectivity index (χ3n) is 2.77. The highest BCUT2D eigenvalue weighted by atomic mass is 35.5. The van der Waals surface area contributed by atoms with Gasteiger partial charge in [-0.05, 0) is 17.7 Å². The van der Waals surface area contributed by atoms with Gasteiger partial charge in [-0.1, -0.05) is 17.7 Å². The molecule has 0 saturated carbocycles. The number of hydrogen-bond acceptors (Lipinski definition) is 3. The van der Waals surface area contributed by atoms with Gasteiger partial charge in [0, 0.05) is 19.6 Å². The Bertz CT molecular complexity index is 416. The molecule has 1 aromatic rings. The third kappa shape index (κ3) is 3.19. The highest BCUT2D eigenvalue weighted by molar-refractivity contribution is 6.33. The van der Waals surface area contributed by atoms with Crippen LogP contribution in [0.5, 0.6) is 0 Å². The predicted octanol–water partition coefficient (Wildman–Crippen LogP) is 1.87. The first kappa shape index (κ1) is 12.4. The average Bonchev–Trinajstić information content (AvgIpc) is 2.30. The van der Waals surface area contributed by atoms with E-state index in [1.54, 1.807) is 12.1 Å². The summed E-state index contributed by atoms with van der Waals surface area (Å²) >= 11 is 5.92. The third-order valence-corrected chi connectivity index (χ3v) is 3.09. The number of hydrogen-bond donors (Lipinski definition) is 1. The fourth-order valence-electron chi connectivity index (χ4n) is 1.85. The van der Waals surface area contributed by atoms with E-state index in [1.807, 2.05) is 6.07 Å². The summed E-state index contributed by atoms with van der Waals surface area (Å²) < 4.78 is 5.27. The number of rotatable bonds is 3. The number of carboxylic acids is 1. The molecule has 0 aliphatic carbocycles. The van der Waals surface area contributed by atoms with Gasteiger partial charge in [-0.25, -0.2) is 4.79 Å². The Morgan fingerprint density at radius 2 is 2.12 bits per heavy atom. The zero-order valence-corrected chi connectivity index (χ0v) is 10.1. The maximum absolute atomic E-state index is 10.8. The Morgan fingerprint density at radius 1 is 1.41 bits per heavy atom. The molecule has 1 aromatic carbocycles. The number of morpholine rings is 1. The summed E-state index contributed by atoms with van der Waals surface area (Å²) in [6.07, 6.45) is 0. The lowest BCUT2D eigenvalue weighted by molar-refractivity contribution is 0.0342. The molecule has 2 rings (SSSR count). The largest absolute Gasteiger partial charge is 0.478 e. The van der Waals surface area contributed by atoms with Crippen molar-refractivity contribution in [3.05, 3.63) is 34.3 Å². The van der Waals surface area contributed by atoms with Gasteiger partial charge >= 0.3 is 5.97 Å². The Morgan fingerprint density at radius 3 is 2.71 bits per heavy atom. The summed E-state index contributed by atoms with van der Waals surface area (Å²) in [6.45, 7) is 4.08. The highest BCUT2D eigenvalue weighted by Crippen LogP contribution is 2.19. The van der Waals surface area contributed by atoms with Crippen molar-refractivity contribution in [3.63, 3.8) is 0 Å². The summed E-state index contributed by atoms with van der Waals surface area (Å²) in [4.78, 5) is 13.1. The maximum atomic E-state index is 10.8. The van der Waals surface area contributed by atoms with Crippen molar-refractivity contribution in [2.75, 3.05) is 26.3 Å². The predicted molar refractivity (Wildman–Crippen MR) is 64.5 cm³/mol. The van der Waals surface area contributed by atoms with Crippen LogP contribution in [0.2, 0.25) is 5.02 Å². The van der Waals surface area contributed by atoms with E-state index in [4.69, 9.17) is 21.4 Å². The Labute approximate surface area is 105 Å². The molecule has 0 bridgehead atoms. The second-order valence-electron chi connectivity index (χ2n) is 4.01. The average molecular weight is 256 g/mol. The first-order chi connectivity index (χ1) is 8.16. The lowest BCUT2D eigenvalue weighted by atomic mass is 10.1. The number of carbonyl (C=O) groups is 1. The monoisotopic (exact) mass is 255 g/mol. The van der Waals surface area contributed by atoms with Crippen LogP contribution in [0.4, 0.5) is 0 Å². The Balaban J connectivity index is 2.06. The van der Waals surface area contributed by atoms with Crippen LogP contribution < -0.4 is 0 Å². The summed E-state index contributed by atoms with van der Waals surface area (Å²) in [5.74, 6) is -0.993. The molecule has 0 unspecified atom stereocenters. The van der Waals surface area contributed by atoms with Crippen molar-refractivity contribution in [2.24, 2.45) is 0 Å². The van der Waals surface area contributed by atoms with E-state index < -0.39 is 5.97 Å². The summed E-state index contributed by atoms with van der Waals surface area (Å²) in [7, 11) is 0. The van der Waals surface area contributed by atoms with Crippen molar-refractivity contribution in [1.82, 2.24) is 4.90 Å². The van der Waals surface area contributed by atoms with Gasteiger partial charge in [-0.3, -0.25) is 4.90 Å². The van der Waals surface area contributed by atoms with Crippen LogP contribution in [0.15, 0.2) is 18.2 Å². The number of halogens is 1. The number of ether oxygens (including phenoxy) is 1. The second-order valence-corrected chi connectivity index (χ2v) is 4.42. The van der Waals surface area contributed by atoms with E-state index in [0.717, 1.165) is 38.4 Å². The molecule has 4 nitrogen and oxygen atoms in total. The minimum Gasteiger partial charge on any atom is -0.478 e. The summed E-state index contributed by atoms with van der Waals surface area (Å²) in [6, 6.07) is 5.09. The summed E-state index contributed by atoms with van der Waals surface area (Å²) in [5, 5.41) is 9.16. The molecule has 0 radical (unpaired) electrons. The van der Waals surface area contributed by atoms with E-state index in [-0.39, 0.29) is 5.56 Å². The van der Waals surface area contributed by atoms with Gasteiger partial charge in [-0.2, -0.15) is 0 Å². The topological polar surface area (TPSA) is 49.8 Å². The van der Waals surface area contributed by atoms with Crippen molar-refractivity contribution in [1.29, 1.82) is 0 Å². The van der Waals surface area contributed by atoms with Gasteiger partial charge in [0.2, 0.25) is 0 Å². The molecule has 1 fully saturated rings. The molecular weight excluding hydrogens is 242 g/mol. The first-order valence-electron chi connectivity index (χ1n) is 5.48. The van der Waals surface area contributed by atoms with Crippen molar-refractivity contribution < 1.29 is 14.6 Å².